The largest absolute Gasteiger partial charge is 0.390 e. The van der Waals surface area contributed by atoms with Crippen molar-refractivity contribution in [3.05, 3.63) is 34.9 Å². The molecule has 0 aliphatic rings. The smallest absolute Gasteiger partial charge is 0.150 e. The molecule has 1 rings (SSSR count). The first kappa shape index (κ1) is 13.2. The molecule has 0 saturated heterocycles. The molecule has 2 unspecified atom stereocenters. The minimum atomic E-state index is -0.966. The SMILES string of the molecule is Cc1ccc(C=O)cc1C(O)C(O)CCS. The van der Waals surface area contributed by atoms with Crippen molar-refractivity contribution in [2.24, 2.45) is 0 Å². The molecule has 0 bridgehead atoms. The molecule has 0 aliphatic carbocycles. The summed E-state index contributed by atoms with van der Waals surface area (Å²) in [5.74, 6) is 0.505. The Bertz CT molecular complexity index is 365. The van der Waals surface area contributed by atoms with Crippen molar-refractivity contribution in [1.29, 1.82) is 0 Å². The molecule has 1 aromatic rings. The van der Waals surface area contributed by atoms with Crippen LogP contribution < -0.4 is 0 Å². The van der Waals surface area contributed by atoms with Crippen LogP contribution in [0.25, 0.3) is 0 Å². The minimum absolute atomic E-state index is 0.412. The van der Waals surface area contributed by atoms with Crippen LogP contribution in [0.15, 0.2) is 18.2 Å². The van der Waals surface area contributed by atoms with E-state index >= 15 is 0 Å². The maximum Gasteiger partial charge on any atom is 0.150 e. The van der Waals surface area contributed by atoms with E-state index in [0.717, 1.165) is 11.8 Å². The van der Waals surface area contributed by atoms with E-state index in [1.807, 2.05) is 6.92 Å². The molecular weight excluding hydrogens is 224 g/mol. The molecule has 0 spiro atoms. The van der Waals surface area contributed by atoms with Gasteiger partial charge in [-0.05, 0) is 36.3 Å². The molecule has 0 amide bonds. The highest BCUT2D eigenvalue weighted by Crippen LogP contribution is 2.23. The summed E-state index contributed by atoms with van der Waals surface area (Å²) < 4.78 is 0. The van der Waals surface area contributed by atoms with E-state index in [-0.39, 0.29) is 0 Å². The van der Waals surface area contributed by atoms with Crippen molar-refractivity contribution in [2.75, 3.05) is 5.75 Å². The molecule has 2 atom stereocenters. The summed E-state index contributed by atoms with van der Waals surface area (Å²) in [6, 6.07) is 5.05. The number of rotatable bonds is 5. The zero-order valence-electron chi connectivity index (χ0n) is 9.13. The van der Waals surface area contributed by atoms with Crippen molar-refractivity contribution in [3.63, 3.8) is 0 Å². The Labute approximate surface area is 101 Å². The molecule has 2 N–H and O–H groups in total. The first-order chi connectivity index (χ1) is 7.60. The fourth-order valence-corrected chi connectivity index (χ4v) is 1.81. The van der Waals surface area contributed by atoms with Gasteiger partial charge < -0.3 is 10.2 Å². The number of carbonyl (C=O) groups excluding carboxylic acids is 1. The van der Waals surface area contributed by atoms with E-state index in [1.165, 1.54) is 0 Å². The highest BCUT2D eigenvalue weighted by atomic mass is 32.1. The number of hydrogen-bond donors (Lipinski definition) is 3. The molecule has 0 aliphatic heterocycles. The van der Waals surface area contributed by atoms with Gasteiger partial charge in [-0.25, -0.2) is 0 Å². The van der Waals surface area contributed by atoms with Gasteiger partial charge in [0, 0.05) is 5.56 Å². The van der Waals surface area contributed by atoms with E-state index in [1.54, 1.807) is 18.2 Å². The van der Waals surface area contributed by atoms with Crippen molar-refractivity contribution in [2.45, 2.75) is 25.6 Å². The zero-order valence-corrected chi connectivity index (χ0v) is 10.0. The van der Waals surface area contributed by atoms with Crippen LogP contribution in [0.1, 0.15) is 34.0 Å². The van der Waals surface area contributed by atoms with Crippen molar-refractivity contribution in [3.8, 4) is 0 Å². The zero-order chi connectivity index (χ0) is 12.1. The second-order valence-electron chi connectivity index (χ2n) is 3.76. The van der Waals surface area contributed by atoms with E-state index in [2.05, 4.69) is 12.6 Å². The van der Waals surface area contributed by atoms with E-state index in [4.69, 9.17) is 0 Å². The van der Waals surface area contributed by atoms with Gasteiger partial charge >= 0.3 is 0 Å². The lowest BCUT2D eigenvalue weighted by atomic mass is 9.96. The lowest BCUT2D eigenvalue weighted by molar-refractivity contribution is 0.0168. The number of benzene rings is 1. The number of aldehydes is 1. The highest BCUT2D eigenvalue weighted by Gasteiger charge is 2.19. The van der Waals surface area contributed by atoms with Gasteiger partial charge in [0.1, 0.15) is 12.4 Å². The number of aliphatic hydroxyl groups excluding tert-OH is 2. The third kappa shape index (κ3) is 3.07. The maximum absolute atomic E-state index is 10.6. The third-order valence-corrected chi connectivity index (χ3v) is 2.81. The second-order valence-corrected chi connectivity index (χ2v) is 4.21. The van der Waals surface area contributed by atoms with Crippen LogP contribution in [-0.2, 0) is 0 Å². The number of aryl methyl sites for hydroxylation is 1. The Morgan fingerprint density at radius 2 is 2.12 bits per heavy atom. The maximum atomic E-state index is 10.6. The Hall–Kier alpha value is -0.840. The van der Waals surface area contributed by atoms with E-state index < -0.39 is 12.2 Å². The molecule has 0 aromatic heterocycles. The topological polar surface area (TPSA) is 57.5 Å². The lowest BCUT2D eigenvalue weighted by Crippen LogP contribution is -2.19. The first-order valence-corrected chi connectivity index (χ1v) is 5.76. The van der Waals surface area contributed by atoms with Crippen molar-refractivity contribution < 1.29 is 15.0 Å². The number of hydrogen-bond acceptors (Lipinski definition) is 4. The quantitative estimate of drug-likeness (QED) is 0.540. The molecule has 4 heteroatoms. The van der Waals surface area contributed by atoms with Gasteiger partial charge in [-0.3, -0.25) is 4.79 Å². The van der Waals surface area contributed by atoms with Crippen LogP contribution >= 0.6 is 12.6 Å². The Morgan fingerprint density at radius 1 is 1.44 bits per heavy atom. The molecule has 88 valence electrons. The highest BCUT2D eigenvalue weighted by molar-refractivity contribution is 7.80. The van der Waals surface area contributed by atoms with E-state index in [9.17, 15) is 15.0 Å². The van der Waals surface area contributed by atoms with Gasteiger partial charge in [-0.2, -0.15) is 12.6 Å². The summed E-state index contributed by atoms with van der Waals surface area (Å²) in [6.45, 7) is 1.83. The van der Waals surface area contributed by atoms with Crippen LogP contribution in [0.5, 0.6) is 0 Å². The van der Waals surface area contributed by atoms with E-state index in [0.29, 0.717) is 23.3 Å². The predicted octanol–water partition coefficient (Wildman–Crippen LogP) is 1.52. The summed E-state index contributed by atoms with van der Waals surface area (Å²) >= 11 is 4.00. The van der Waals surface area contributed by atoms with Gasteiger partial charge in [0.05, 0.1) is 6.10 Å². The predicted molar refractivity (Wildman–Crippen MR) is 66.0 cm³/mol. The second kappa shape index (κ2) is 6.03. The molecular formula is C12H16O3S. The molecule has 0 fully saturated rings. The van der Waals surface area contributed by atoms with Gasteiger partial charge in [0.25, 0.3) is 0 Å². The summed E-state index contributed by atoms with van der Waals surface area (Å²) in [7, 11) is 0. The fraction of sp³-hybridized carbons (Fsp3) is 0.417. The number of carbonyl (C=O) groups is 1. The van der Waals surface area contributed by atoms with Crippen LogP contribution in [0.2, 0.25) is 0 Å². The Kier molecular flexibility index (Phi) is 4.99. The standard InChI is InChI=1S/C12H16O3S/c1-8-2-3-9(7-13)6-10(8)12(15)11(14)4-5-16/h2-3,6-7,11-12,14-16H,4-5H2,1H3. The van der Waals surface area contributed by atoms with Gasteiger partial charge in [-0.1, -0.05) is 12.1 Å². The summed E-state index contributed by atoms with van der Waals surface area (Å²) in [5, 5.41) is 19.6. The van der Waals surface area contributed by atoms with Crippen molar-refractivity contribution >= 4 is 18.9 Å². The summed E-state index contributed by atoms with van der Waals surface area (Å²) in [6.07, 6.45) is -0.680. The van der Waals surface area contributed by atoms with Crippen LogP contribution in [-0.4, -0.2) is 28.4 Å². The van der Waals surface area contributed by atoms with Gasteiger partial charge in [0.2, 0.25) is 0 Å². The summed E-state index contributed by atoms with van der Waals surface area (Å²) in [4.78, 5) is 10.6. The van der Waals surface area contributed by atoms with Crippen molar-refractivity contribution in [1.82, 2.24) is 0 Å². The monoisotopic (exact) mass is 240 g/mol. The number of thiol groups is 1. The average molecular weight is 240 g/mol. The normalized spacial score (nSPS) is 14.5. The fourth-order valence-electron chi connectivity index (χ4n) is 1.55. The molecule has 0 saturated carbocycles. The Morgan fingerprint density at radius 3 is 2.69 bits per heavy atom. The van der Waals surface area contributed by atoms with Gasteiger partial charge in [0.15, 0.2) is 0 Å². The molecule has 3 nitrogen and oxygen atoms in total. The van der Waals surface area contributed by atoms with Crippen LogP contribution in [0, 0.1) is 6.92 Å². The third-order valence-electron chi connectivity index (χ3n) is 2.55. The molecule has 1 aromatic carbocycles. The first-order valence-electron chi connectivity index (χ1n) is 5.13. The van der Waals surface area contributed by atoms with Gasteiger partial charge in [-0.15, -0.1) is 0 Å². The molecule has 16 heavy (non-hydrogen) atoms. The van der Waals surface area contributed by atoms with Crippen LogP contribution in [0.4, 0.5) is 0 Å². The molecule has 0 radical (unpaired) electrons. The Balaban J connectivity index is 2.97. The summed E-state index contributed by atoms with van der Waals surface area (Å²) in [5.41, 5.74) is 1.95. The number of aliphatic hydroxyl groups is 2. The lowest BCUT2D eigenvalue weighted by Gasteiger charge is -2.19. The minimum Gasteiger partial charge on any atom is -0.390 e. The molecule has 0 heterocycles. The van der Waals surface area contributed by atoms with Crippen LogP contribution in [0.3, 0.4) is 0 Å². The average Bonchev–Trinajstić information content (AvgIpc) is 2.29.